The Morgan fingerprint density at radius 2 is 1.95 bits per heavy atom. The molecule has 1 aliphatic rings. The molecule has 22 heavy (non-hydrogen) atoms. The van der Waals surface area contributed by atoms with Gasteiger partial charge in [-0.05, 0) is 11.5 Å². The summed E-state index contributed by atoms with van der Waals surface area (Å²) in [6, 6.07) is 9.75. The smallest absolute Gasteiger partial charge is 0.136 e. The molecule has 1 aromatic heterocycles. The molecule has 0 unspecified atom stereocenters. The fraction of sp³-hybridized carbons (Fsp3) is 0.412. The normalized spacial score (nSPS) is 16.4. The molecule has 3 rings (SSSR count). The van der Waals surface area contributed by atoms with Gasteiger partial charge in [-0.1, -0.05) is 38.1 Å². The van der Waals surface area contributed by atoms with Gasteiger partial charge in [0.15, 0.2) is 0 Å². The number of aliphatic hydroxyl groups is 1. The van der Waals surface area contributed by atoms with Crippen molar-refractivity contribution in [2.24, 2.45) is 5.92 Å². The summed E-state index contributed by atoms with van der Waals surface area (Å²) in [5.74, 6) is 1.39. The molecular formula is C17H21N3O2. The topological polar surface area (TPSA) is 67.3 Å². The Morgan fingerprint density at radius 3 is 2.55 bits per heavy atom. The van der Waals surface area contributed by atoms with Crippen LogP contribution in [0.5, 0.6) is 0 Å². The molecule has 0 saturated carbocycles. The predicted octanol–water partition coefficient (Wildman–Crippen LogP) is 2.43. The van der Waals surface area contributed by atoms with Gasteiger partial charge in [-0.25, -0.2) is 9.97 Å². The summed E-state index contributed by atoms with van der Waals surface area (Å²) < 4.78 is 5.09. The second kappa shape index (κ2) is 6.02. The van der Waals surface area contributed by atoms with Gasteiger partial charge in [0, 0.05) is 18.2 Å². The summed E-state index contributed by atoms with van der Waals surface area (Å²) in [4.78, 5) is 8.56. The van der Waals surface area contributed by atoms with E-state index in [9.17, 15) is 5.11 Å². The van der Waals surface area contributed by atoms with Crippen LogP contribution in [-0.4, -0.2) is 34.8 Å². The van der Waals surface area contributed by atoms with Crippen LogP contribution in [0.25, 0.3) is 11.3 Å². The lowest BCUT2D eigenvalue weighted by atomic mass is 9.91. The Morgan fingerprint density at radius 1 is 1.23 bits per heavy atom. The van der Waals surface area contributed by atoms with E-state index in [0.717, 1.165) is 29.2 Å². The fourth-order valence-electron chi connectivity index (χ4n) is 2.33. The van der Waals surface area contributed by atoms with Crippen LogP contribution in [0.1, 0.15) is 19.4 Å². The summed E-state index contributed by atoms with van der Waals surface area (Å²) in [6.45, 7) is 5.92. The Hall–Kier alpha value is -1.98. The van der Waals surface area contributed by atoms with Crippen LogP contribution < -0.4 is 5.32 Å². The molecule has 1 fully saturated rings. The predicted molar refractivity (Wildman–Crippen MR) is 85.5 cm³/mol. The van der Waals surface area contributed by atoms with Gasteiger partial charge < -0.3 is 15.2 Å². The zero-order valence-electron chi connectivity index (χ0n) is 12.9. The largest absolute Gasteiger partial charge is 0.380 e. The first kappa shape index (κ1) is 14.9. The van der Waals surface area contributed by atoms with Crippen LogP contribution in [0, 0.1) is 5.92 Å². The maximum absolute atomic E-state index is 10.2. The standard InChI is InChI=1S/C17H21N3O2/c1-12(2)8-18-16-7-15(19-11-20-16)13-3-5-14(6-4-13)17(21)9-22-10-17/h3-7,11-12,21H,8-10H2,1-2H3,(H,18,19,20). The van der Waals surface area contributed by atoms with Crippen molar-refractivity contribution in [2.75, 3.05) is 25.1 Å². The number of nitrogens with zero attached hydrogens (tertiary/aromatic N) is 2. The van der Waals surface area contributed by atoms with Gasteiger partial charge in [-0.3, -0.25) is 0 Å². The molecular weight excluding hydrogens is 278 g/mol. The van der Waals surface area contributed by atoms with E-state index in [1.807, 2.05) is 30.3 Å². The molecule has 116 valence electrons. The first-order valence-corrected chi connectivity index (χ1v) is 7.54. The van der Waals surface area contributed by atoms with Crippen molar-refractivity contribution in [3.8, 4) is 11.3 Å². The third-order valence-corrected chi connectivity index (χ3v) is 3.76. The molecule has 0 spiro atoms. The average Bonchev–Trinajstić information content (AvgIpc) is 2.51. The maximum atomic E-state index is 10.2. The Balaban J connectivity index is 1.77. The van der Waals surface area contributed by atoms with Crippen molar-refractivity contribution in [2.45, 2.75) is 19.4 Å². The first-order chi connectivity index (χ1) is 10.6. The molecule has 1 saturated heterocycles. The number of nitrogens with one attached hydrogen (secondary N) is 1. The number of anilines is 1. The summed E-state index contributed by atoms with van der Waals surface area (Å²) in [5, 5.41) is 13.5. The highest BCUT2D eigenvalue weighted by atomic mass is 16.5. The van der Waals surface area contributed by atoms with E-state index in [1.54, 1.807) is 6.33 Å². The van der Waals surface area contributed by atoms with E-state index in [1.165, 1.54) is 0 Å². The van der Waals surface area contributed by atoms with E-state index >= 15 is 0 Å². The highest BCUT2D eigenvalue weighted by molar-refractivity contribution is 5.62. The number of ether oxygens (including phenoxy) is 1. The van der Waals surface area contributed by atoms with E-state index in [-0.39, 0.29) is 0 Å². The van der Waals surface area contributed by atoms with Crippen LogP contribution in [-0.2, 0) is 10.3 Å². The Kier molecular flexibility index (Phi) is 4.09. The quantitative estimate of drug-likeness (QED) is 0.887. The van der Waals surface area contributed by atoms with Gasteiger partial charge in [0.05, 0.1) is 18.9 Å². The number of aromatic nitrogens is 2. The SMILES string of the molecule is CC(C)CNc1cc(-c2ccc(C3(O)COC3)cc2)ncn1. The lowest BCUT2D eigenvalue weighted by Gasteiger charge is -2.36. The van der Waals surface area contributed by atoms with Crippen molar-refractivity contribution in [1.82, 2.24) is 9.97 Å². The van der Waals surface area contributed by atoms with Crippen LogP contribution in [0.4, 0.5) is 5.82 Å². The second-order valence-electron chi connectivity index (χ2n) is 6.16. The van der Waals surface area contributed by atoms with Crippen molar-refractivity contribution in [3.05, 3.63) is 42.2 Å². The first-order valence-electron chi connectivity index (χ1n) is 7.54. The van der Waals surface area contributed by atoms with Crippen LogP contribution in [0.15, 0.2) is 36.7 Å². The summed E-state index contributed by atoms with van der Waals surface area (Å²) in [6.07, 6.45) is 1.57. The number of rotatable bonds is 5. The van der Waals surface area contributed by atoms with Gasteiger partial charge in [0.2, 0.25) is 0 Å². The Bertz CT molecular complexity index is 637. The molecule has 2 aromatic rings. The minimum atomic E-state index is -0.825. The number of benzene rings is 1. The van der Waals surface area contributed by atoms with Crippen LogP contribution in [0.2, 0.25) is 0 Å². The monoisotopic (exact) mass is 299 g/mol. The van der Waals surface area contributed by atoms with E-state index < -0.39 is 5.60 Å². The van der Waals surface area contributed by atoms with Gasteiger partial charge in [0.1, 0.15) is 17.7 Å². The summed E-state index contributed by atoms with van der Waals surface area (Å²) in [5.41, 5.74) is 1.93. The minimum absolute atomic E-state index is 0.364. The fourth-order valence-corrected chi connectivity index (χ4v) is 2.33. The molecule has 0 radical (unpaired) electrons. The van der Waals surface area contributed by atoms with Gasteiger partial charge >= 0.3 is 0 Å². The molecule has 5 heteroatoms. The Labute approximate surface area is 130 Å². The maximum Gasteiger partial charge on any atom is 0.136 e. The average molecular weight is 299 g/mol. The molecule has 0 atom stereocenters. The summed E-state index contributed by atoms with van der Waals surface area (Å²) in [7, 11) is 0. The van der Waals surface area contributed by atoms with Gasteiger partial charge in [-0.15, -0.1) is 0 Å². The van der Waals surface area contributed by atoms with Crippen molar-refractivity contribution in [3.63, 3.8) is 0 Å². The highest BCUT2D eigenvalue weighted by Gasteiger charge is 2.37. The lowest BCUT2D eigenvalue weighted by Crippen LogP contribution is -2.46. The molecule has 2 N–H and O–H groups in total. The molecule has 5 nitrogen and oxygen atoms in total. The zero-order valence-corrected chi connectivity index (χ0v) is 12.9. The van der Waals surface area contributed by atoms with Gasteiger partial charge in [0.25, 0.3) is 0 Å². The third-order valence-electron chi connectivity index (χ3n) is 3.76. The van der Waals surface area contributed by atoms with E-state index in [0.29, 0.717) is 19.1 Å². The molecule has 1 aromatic carbocycles. The van der Waals surface area contributed by atoms with Crippen LogP contribution >= 0.6 is 0 Å². The van der Waals surface area contributed by atoms with Gasteiger partial charge in [-0.2, -0.15) is 0 Å². The molecule has 0 bridgehead atoms. The van der Waals surface area contributed by atoms with E-state index in [2.05, 4.69) is 29.1 Å². The minimum Gasteiger partial charge on any atom is -0.380 e. The molecule has 0 amide bonds. The van der Waals surface area contributed by atoms with Crippen LogP contribution in [0.3, 0.4) is 0 Å². The highest BCUT2D eigenvalue weighted by Crippen LogP contribution is 2.30. The second-order valence-corrected chi connectivity index (χ2v) is 6.16. The number of hydrogen-bond acceptors (Lipinski definition) is 5. The lowest BCUT2D eigenvalue weighted by molar-refractivity contribution is -0.184. The summed E-state index contributed by atoms with van der Waals surface area (Å²) >= 11 is 0. The van der Waals surface area contributed by atoms with Crippen molar-refractivity contribution in [1.29, 1.82) is 0 Å². The molecule has 2 heterocycles. The van der Waals surface area contributed by atoms with E-state index in [4.69, 9.17) is 4.74 Å². The van der Waals surface area contributed by atoms with Crippen molar-refractivity contribution >= 4 is 5.82 Å². The third kappa shape index (κ3) is 3.10. The molecule has 1 aliphatic heterocycles. The number of hydrogen-bond donors (Lipinski definition) is 2. The van der Waals surface area contributed by atoms with Crippen molar-refractivity contribution < 1.29 is 9.84 Å². The zero-order chi connectivity index (χ0) is 15.6. The molecule has 0 aliphatic carbocycles.